The summed E-state index contributed by atoms with van der Waals surface area (Å²) in [4.78, 5) is 55.2. The van der Waals surface area contributed by atoms with Crippen molar-refractivity contribution in [1.82, 2.24) is 24.6 Å². The van der Waals surface area contributed by atoms with E-state index in [1.165, 1.54) is 22.5 Å². The number of allylic oxidation sites excluding steroid dienone is 2. The highest BCUT2D eigenvalue weighted by atomic mass is 19.4. The Hall–Kier alpha value is -5.91. The molecule has 6 heterocycles. The third-order valence-electron chi connectivity index (χ3n) is 14.6. The van der Waals surface area contributed by atoms with E-state index in [-0.39, 0.29) is 46.3 Å². The normalized spacial score (nSPS) is 23.1. The maximum atomic E-state index is 14.6. The summed E-state index contributed by atoms with van der Waals surface area (Å²) in [7, 11) is 1.82. The molecule has 2 aromatic heterocycles. The van der Waals surface area contributed by atoms with Gasteiger partial charge in [0, 0.05) is 67.7 Å². The Kier molecular flexibility index (Phi) is 12.5. The van der Waals surface area contributed by atoms with E-state index >= 15 is 0 Å². The van der Waals surface area contributed by atoms with Crippen LogP contribution in [0.1, 0.15) is 94.9 Å². The molecule has 68 heavy (non-hydrogen) atoms. The van der Waals surface area contributed by atoms with Crippen molar-refractivity contribution in [3.05, 3.63) is 146 Å². The number of alkyl halides is 3. The van der Waals surface area contributed by atoms with E-state index in [2.05, 4.69) is 50.9 Å². The largest absolute Gasteiger partial charge is 0.418 e. The third kappa shape index (κ3) is 9.83. The summed E-state index contributed by atoms with van der Waals surface area (Å²) in [5.74, 6) is -0.265. The number of ether oxygens (including phenoxy) is 1. The summed E-state index contributed by atoms with van der Waals surface area (Å²) >= 11 is 0. The molecule has 0 bridgehead atoms. The van der Waals surface area contributed by atoms with Gasteiger partial charge < -0.3 is 14.7 Å². The van der Waals surface area contributed by atoms with E-state index in [1.54, 1.807) is 30.3 Å². The average molecular weight is 933 g/mol. The van der Waals surface area contributed by atoms with Crippen molar-refractivity contribution in [3.63, 3.8) is 0 Å². The number of likely N-dealkylation sites (tertiary alicyclic amines) is 1. The standard InChI is InChI=1S/C52H56F3N7O6/c1-62(32-56-62)50(66)39-4-2-5-42(25-39)60-30-46-45(52(53,54)55)23-37(28-61(46)51(60)67)27-58-17-3-6-43(29-58)68-31-35-9-7-33(8-10-35)20-34-15-18-59(19-16-34)41-12-13-44-40(26-41)22-36(24-47(44)63)21-38-11-14-48(64)57-49(38)65/h2,4-5,7-10,12-13,23-26,28,30,34,38,43,50,56,66H,3,6,11,14-22,27,29,31-32H2,1H3/p+1/t38?,43-,50+,62?/m0/s1. The zero-order valence-electron chi connectivity index (χ0n) is 38.1. The summed E-state index contributed by atoms with van der Waals surface area (Å²) < 4.78 is 52.6. The monoisotopic (exact) mass is 932 g/mol. The Balaban J connectivity index is 0.713. The average Bonchev–Trinajstić information content (AvgIpc) is 4.00. The number of anilines is 1. The number of carbonyl (C=O) groups excluding carboxylic acids is 3. The lowest BCUT2D eigenvalue weighted by Gasteiger charge is -2.34. The minimum absolute atomic E-state index is 0.0304. The van der Waals surface area contributed by atoms with Crippen LogP contribution in [-0.2, 0) is 46.5 Å². The summed E-state index contributed by atoms with van der Waals surface area (Å²) in [6, 6.07) is 22.5. The number of amides is 2. The molecule has 4 saturated heterocycles. The number of quaternary nitrogens is 1. The number of rotatable bonds is 13. The fourth-order valence-electron chi connectivity index (χ4n) is 10.6. The number of aromatic nitrogens is 2. The fraction of sp³-hybridized carbons (Fsp3) is 0.423. The fourth-order valence-corrected chi connectivity index (χ4v) is 10.6. The molecule has 4 aliphatic heterocycles. The van der Waals surface area contributed by atoms with Gasteiger partial charge in [-0.1, -0.05) is 42.0 Å². The number of halogens is 3. The van der Waals surface area contributed by atoms with Crippen molar-refractivity contribution in [3.8, 4) is 5.69 Å². The number of nitrogens with zero attached hydrogens (tertiary/aromatic N) is 5. The zero-order chi connectivity index (χ0) is 47.3. The highest BCUT2D eigenvalue weighted by Gasteiger charge is 2.45. The number of carbonyl (C=O) groups is 3. The molecule has 5 aromatic rings. The van der Waals surface area contributed by atoms with Crippen LogP contribution in [0.2, 0.25) is 0 Å². The number of hydrogen-bond donors (Lipinski definition) is 3. The van der Waals surface area contributed by atoms with Gasteiger partial charge in [0.25, 0.3) is 0 Å². The van der Waals surface area contributed by atoms with Crippen LogP contribution in [0.5, 0.6) is 0 Å². The van der Waals surface area contributed by atoms with E-state index in [0.29, 0.717) is 80.3 Å². The molecule has 0 saturated carbocycles. The molecular weight excluding hydrogens is 876 g/mol. The Morgan fingerprint density at radius 1 is 0.868 bits per heavy atom. The van der Waals surface area contributed by atoms with Gasteiger partial charge in [0.2, 0.25) is 18.0 Å². The number of aliphatic hydroxyl groups excluding tert-OH is 1. The van der Waals surface area contributed by atoms with Crippen molar-refractivity contribution < 1.29 is 42.0 Å². The summed E-state index contributed by atoms with van der Waals surface area (Å²) in [5, 5.41) is 13.3. The number of benzene rings is 3. The first kappa shape index (κ1) is 45.9. The van der Waals surface area contributed by atoms with E-state index in [9.17, 15) is 37.5 Å². The Morgan fingerprint density at radius 3 is 2.40 bits per heavy atom. The molecular formula is C52H57F3N7O6+. The van der Waals surface area contributed by atoms with Crippen molar-refractivity contribution >= 4 is 28.8 Å². The molecule has 3 N–H and O–H groups in total. The molecule has 0 spiro atoms. The lowest BCUT2D eigenvalue weighted by molar-refractivity contribution is -0.865. The second-order valence-corrected chi connectivity index (χ2v) is 19.6. The molecule has 5 aliphatic rings. The smallest absolute Gasteiger partial charge is 0.372 e. The number of aliphatic hydroxyl groups is 1. The van der Waals surface area contributed by atoms with E-state index < -0.39 is 23.7 Å². The number of hydrogen-bond acceptors (Lipinski definition) is 9. The van der Waals surface area contributed by atoms with Crippen LogP contribution in [-0.4, -0.2) is 87.2 Å². The molecule has 13 nitrogen and oxygen atoms in total. The van der Waals surface area contributed by atoms with Gasteiger partial charge in [0.1, 0.15) is 0 Å². The number of nitrogens with one attached hydrogen (secondary N) is 2. The molecule has 2 amide bonds. The second kappa shape index (κ2) is 18.5. The first-order valence-corrected chi connectivity index (χ1v) is 23.8. The summed E-state index contributed by atoms with van der Waals surface area (Å²) in [6.45, 7) is 4.33. The number of ketones is 1. The van der Waals surface area contributed by atoms with Crippen LogP contribution >= 0.6 is 0 Å². The van der Waals surface area contributed by atoms with Crippen LogP contribution in [0.4, 0.5) is 18.9 Å². The van der Waals surface area contributed by atoms with Crippen LogP contribution < -0.4 is 21.3 Å². The first-order valence-electron chi connectivity index (χ1n) is 23.8. The van der Waals surface area contributed by atoms with Crippen LogP contribution in [0.25, 0.3) is 11.2 Å². The first-order chi connectivity index (χ1) is 32.7. The molecule has 10 rings (SSSR count). The SMILES string of the molecule is C[N+]1([C@H](O)c2cccc(-n3cc4c(C(F)(F)F)cc(CN5CCC[C@H](OCc6ccc(CC7CCN(c8ccc9c(c8)CC(CC8CCC(=O)NC8=O)=CC9=O)CC7)cc6)C5)cn4c3=O)c2)CN1. The van der Waals surface area contributed by atoms with Crippen LogP contribution in [0, 0.1) is 11.8 Å². The highest BCUT2D eigenvalue weighted by molar-refractivity contribution is 6.07. The predicted molar refractivity (Wildman–Crippen MR) is 248 cm³/mol. The second-order valence-electron chi connectivity index (χ2n) is 19.6. The zero-order valence-corrected chi connectivity index (χ0v) is 38.1. The van der Waals surface area contributed by atoms with Gasteiger partial charge in [-0.05, 0) is 129 Å². The molecule has 1 aliphatic carbocycles. The van der Waals surface area contributed by atoms with Crippen molar-refractivity contribution in [2.45, 2.75) is 89.4 Å². The summed E-state index contributed by atoms with van der Waals surface area (Å²) in [6.07, 6.45) is 5.41. The van der Waals surface area contributed by atoms with Crippen LogP contribution in [0.3, 0.4) is 0 Å². The number of imide groups is 1. The molecule has 4 atom stereocenters. The van der Waals surface area contributed by atoms with Crippen molar-refractivity contribution in [2.75, 3.05) is 44.8 Å². The van der Waals surface area contributed by atoms with Gasteiger partial charge in [0.15, 0.2) is 12.5 Å². The van der Waals surface area contributed by atoms with Gasteiger partial charge in [-0.2, -0.15) is 17.8 Å². The lowest BCUT2D eigenvalue weighted by atomic mass is 9.83. The predicted octanol–water partition coefficient (Wildman–Crippen LogP) is 6.77. The topological polar surface area (TPSA) is 148 Å². The number of imidazole rings is 1. The van der Waals surface area contributed by atoms with Crippen molar-refractivity contribution in [2.24, 2.45) is 11.8 Å². The molecule has 2 unspecified atom stereocenters. The van der Waals surface area contributed by atoms with E-state index in [4.69, 9.17) is 4.74 Å². The number of fused-ring (bicyclic) bond motifs is 2. The Morgan fingerprint density at radius 2 is 1.65 bits per heavy atom. The maximum absolute atomic E-state index is 14.6. The Labute approximate surface area is 392 Å². The van der Waals surface area contributed by atoms with Gasteiger partial charge in [0.05, 0.1) is 36.5 Å². The van der Waals surface area contributed by atoms with E-state index in [0.717, 1.165) is 78.0 Å². The van der Waals surface area contributed by atoms with Crippen molar-refractivity contribution in [1.29, 1.82) is 0 Å². The summed E-state index contributed by atoms with van der Waals surface area (Å²) in [5.41, 5.74) is 8.71. The highest BCUT2D eigenvalue weighted by Crippen LogP contribution is 2.36. The van der Waals surface area contributed by atoms with Gasteiger partial charge in [-0.15, -0.1) is 5.43 Å². The van der Waals surface area contributed by atoms with Crippen LogP contribution in [0.15, 0.2) is 102 Å². The third-order valence-corrected chi connectivity index (χ3v) is 14.6. The quantitative estimate of drug-likeness (QED) is 0.0662. The number of pyridine rings is 1. The van der Waals surface area contributed by atoms with Gasteiger partial charge >= 0.3 is 11.9 Å². The molecule has 4 fully saturated rings. The Bertz CT molecular complexity index is 2840. The molecule has 16 heteroatoms. The minimum atomic E-state index is -4.69. The number of piperidine rings is 3. The molecule has 356 valence electrons. The molecule has 0 radical (unpaired) electrons. The van der Waals surface area contributed by atoms with Gasteiger partial charge in [-0.25, -0.2) is 4.79 Å². The maximum Gasteiger partial charge on any atom is 0.418 e. The van der Waals surface area contributed by atoms with E-state index in [1.807, 2.05) is 19.2 Å². The molecule has 3 aromatic carbocycles. The lowest BCUT2D eigenvalue weighted by Crippen LogP contribution is -2.41. The minimum Gasteiger partial charge on any atom is -0.372 e. The van der Waals surface area contributed by atoms with Gasteiger partial charge in [-0.3, -0.25) is 33.6 Å².